The molecule has 5 aromatic rings. The monoisotopic (exact) mass is 872 g/mol. The first-order valence-electron chi connectivity index (χ1n) is 17.6. The topological polar surface area (TPSA) is 122 Å². The molecule has 274 valence electrons. The van der Waals surface area contributed by atoms with Gasteiger partial charge in [-0.2, -0.15) is 5.10 Å². The summed E-state index contributed by atoms with van der Waals surface area (Å²) in [7, 11) is 3.18. The maximum absolute atomic E-state index is 15.1. The SMILES string of the molecule is COc1ccc(C2C3=CCC4C(=O)N(c5ccc(I)cc5)C(=O)C4C3CC3C(=O)N(c4cc(-c5sc6ccc(Cl)cc6c5C)nn4C)C(=O)C32C)cc1O. The molecular weight excluding hydrogens is 839 g/mol. The van der Waals surface area contributed by atoms with Crippen LogP contribution in [0.1, 0.15) is 36.8 Å². The zero-order chi connectivity index (χ0) is 38.0. The Hall–Kier alpha value is -4.53. The number of hydrogen-bond donors (Lipinski definition) is 1. The number of carbonyl (C=O) groups excluding carboxylic acids is 4. The van der Waals surface area contributed by atoms with Crippen LogP contribution in [0.2, 0.25) is 5.02 Å². The van der Waals surface area contributed by atoms with Gasteiger partial charge in [0.2, 0.25) is 23.6 Å². The molecule has 3 fully saturated rings. The van der Waals surface area contributed by atoms with Crippen LogP contribution in [0.3, 0.4) is 0 Å². The van der Waals surface area contributed by atoms with Gasteiger partial charge >= 0.3 is 0 Å². The van der Waals surface area contributed by atoms with Gasteiger partial charge in [0.15, 0.2) is 11.5 Å². The van der Waals surface area contributed by atoms with E-state index in [2.05, 4.69) is 22.6 Å². The number of nitrogens with zero attached hydrogens (tertiary/aromatic N) is 4. The van der Waals surface area contributed by atoms with Gasteiger partial charge in [-0.3, -0.25) is 28.8 Å². The number of amides is 4. The normalized spacial score (nSPS) is 26.3. The van der Waals surface area contributed by atoms with Crippen molar-refractivity contribution in [3.8, 4) is 22.1 Å². The number of aromatic nitrogens is 2. The summed E-state index contributed by atoms with van der Waals surface area (Å²) in [5, 5.41) is 17.5. The molecule has 4 heterocycles. The number of ether oxygens (including phenoxy) is 1. The quantitative estimate of drug-likeness (QED) is 0.108. The number of aromatic hydroxyl groups is 1. The molecule has 4 aliphatic rings. The number of carbonyl (C=O) groups is 4. The zero-order valence-corrected chi connectivity index (χ0v) is 33.4. The number of rotatable bonds is 5. The summed E-state index contributed by atoms with van der Waals surface area (Å²) in [6, 6.07) is 19.8. The third kappa shape index (κ3) is 4.91. The largest absolute Gasteiger partial charge is 0.504 e. The van der Waals surface area contributed by atoms with E-state index in [1.807, 2.05) is 50.3 Å². The van der Waals surface area contributed by atoms with Crippen LogP contribution in [0.4, 0.5) is 11.5 Å². The fourth-order valence-electron chi connectivity index (χ4n) is 9.56. The second kappa shape index (κ2) is 12.5. The van der Waals surface area contributed by atoms with E-state index < -0.39 is 35.0 Å². The molecule has 2 aliphatic carbocycles. The van der Waals surface area contributed by atoms with Crippen LogP contribution in [0.5, 0.6) is 11.5 Å². The molecule has 2 saturated heterocycles. The van der Waals surface area contributed by atoms with E-state index >= 15 is 4.79 Å². The molecule has 0 spiro atoms. The molecular formula is C41H34ClIN4O6S. The number of fused-ring (bicyclic) bond motifs is 5. The Morgan fingerprint density at radius 2 is 1.72 bits per heavy atom. The number of benzene rings is 3. The summed E-state index contributed by atoms with van der Waals surface area (Å²) in [6.07, 6.45) is 2.53. The second-order valence-corrected chi connectivity index (χ2v) is 17.5. The summed E-state index contributed by atoms with van der Waals surface area (Å²) in [4.78, 5) is 61.8. The van der Waals surface area contributed by atoms with E-state index in [4.69, 9.17) is 21.4 Å². The number of allylic oxidation sites excluding steroid dienone is 2. The van der Waals surface area contributed by atoms with Crippen molar-refractivity contribution in [2.75, 3.05) is 16.9 Å². The third-order valence-corrected chi connectivity index (χ3v) is 14.4. The van der Waals surface area contributed by atoms with Crippen molar-refractivity contribution >= 4 is 90.7 Å². The molecule has 4 amide bonds. The Morgan fingerprint density at radius 1 is 0.963 bits per heavy atom. The van der Waals surface area contributed by atoms with Crippen molar-refractivity contribution in [1.29, 1.82) is 0 Å². The lowest BCUT2D eigenvalue weighted by atomic mass is 9.51. The van der Waals surface area contributed by atoms with Gasteiger partial charge in [-0.1, -0.05) is 29.3 Å². The Labute approximate surface area is 333 Å². The lowest BCUT2D eigenvalue weighted by Crippen LogP contribution is -2.48. The first kappa shape index (κ1) is 35.2. The minimum atomic E-state index is -1.29. The minimum absolute atomic E-state index is 0.103. The summed E-state index contributed by atoms with van der Waals surface area (Å²) in [5.74, 6) is -4.13. The van der Waals surface area contributed by atoms with Crippen LogP contribution in [-0.4, -0.2) is 45.6 Å². The molecule has 0 radical (unpaired) electrons. The van der Waals surface area contributed by atoms with E-state index in [0.717, 1.165) is 29.7 Å². The van der Waals surface area contributed by atoms with E-state index in [-0.39, 0.29) is 41.5 Å². The highest BCUT2D eigenvalue weighted by Gasteiger charge is 2.68. The lowest BCUT2D eigenvalue weighted by Gasteiger charge is -2.49. The zero-order valence-electron chi connectivity index (χ0n) is 29.7. The average molecular weight is 873 g/mol. The number of thiophene rings is 1. The Balaban J connectivity index is 1.15. The van der Waals surface area contributed by atoms with Crippen LogP contribution in [0, 0.1) is 39.6 Å². The highest BCUT2D eigenvalue weighted by atomic mass is 127. The number of phenols is 1. The van der Waals surface area contributed by atoms with Crippen molar-refractivity contribution in [3.63, 3.8) is 0 Å². The van der Waals surface area contributed by atoms with Gasteiger partial charge in [0.1, 0.15) is 11.5 Å². The van der Waals surface area contributed by atoms with E-state index in [1.54, 1.807) is 59.5 Å². The Bertz CT molecular complexity index is 2510. The number of aryl methyl sites for hydroxylation is 2. The highest BCUT2D eigenvalue weighted by molar-refractivity contribution is 14.1. The summed E-state index contributed by atoms with van der Waals surface area (Å²) >= 11 is 10.1. The van der Waals surface area contributed by atoms with E-state index in [0.29, 0.717) is 34.2 Å². The standard InChI is InChI=1S/C41H34ClIN4O6S/c1-19-26-16-21(42)6-14-32(26)54-36(19)29-18-33(45(3)44-29)47-38(50)28-17-27-24(35(41(28,2)40(47)52)20-5-13-31(53-4)30(48)15-20)11-12-25-34(27)39(51)46(37(25)49)23-9-7-22(43)8-10-23/h5-11,13-16,18,25,27-28,34-35,48H,12,17H2,1-4H3. The molecule has 13 heteroatoms. The van der Waals surface area contributed by atoms with E-state index in [9.17, 15) is 19.5 Å². The van der Waals surface area contributed by atoms with Crippen molar-refractivity contribution in [3.05, 3.63) is 98.1 Å². The molecule has 1 saturated carbocycles. The van der Waals surface area contributed by atoms with Gasteiger partial charge in [-0.25, -0.2) is 4.90 Å². The molecule has 9 rings (SSSR count). The predicted molar refractivity (Wildman–Crippen MR) is 215 cm³/mol. The van der Waals surface area contributed by atoms with Crippen LogP contribution in [0.25, 0.3) is 20.7 Å². The van der Waals surface area contributed by atoms with Gasteiger partial charge in [0.05, 0.1) is 40.8 Å². The number of anilines is 2. The van der Waals surface area contributed by atoms with Gasteiger partial charge in [0, 0.05) is 32.3 Å². The molecule has 1 N–H and O–H groups in total. The maximum Gasteiger partial charge on any atom is 0.242 e. The molecule has 54 heavy (non-hydrogen) atoms. The summed E-state index contributed by atoms with van der Waals surface area (Å²) in [5.41, 5.74) is 2.31. The number of halogens is 2. The van der Waals surface area contributed by atoms with Crippen LogP contribution in [0.15, 0.2) is 78.4 Å². The second-order valence-electron chi connectivity index (χ2n) is 14.8. The van der Waals surface area contributed by atoms with Crippen molar-refractivity contribution in [2.24, 2.45) is 36.1 Å². The van der Waals surface area contributed by atoms with Gasteiger partial charge in [0.25, 0.3) is 0 Å². The summed E-state index contributed by atoms with van der Waals surface area (Å²) in [6.45, 7) is 3.83. The van der Waals surface area contributed by atoms with Crippen molar-refractivity contribution in [1.82, 2.24) is 9.78 Å². The molecule has 2 aromatic heterocycles. The highest BCUT2D eigenvalue weighted by Crippen LogP contribution is 2.64. The molecule has 10 nitrogen and oxygen atoms in total. The first-order valence-corrected chi connectivity index (χ1v) is 19.9. The van der Waals surface area contributed by atoms with Crippen LogP contribution >= 0.6 is 45.5 Å². The van der Waals surface area contributed by atoms with Gasteiger partial charge in [-0.05, 0) is 126 Å². The molecule has 6 atom stereocenters. The fraction of sp³-hybridized carbons (Fsp3) is 0.293. The third-order valence-electron chi connectivity index (χ3n) is 12.1. The van der Waals surface area contributed by atoms with Crippen molar-refractivity contribution in [2.45, 2.75) is 32.6 Å². The predicted octanol–water partition coefficient (Wildman–Crippen LogP) is 8.02. The summed E-state index contributed by atoms with van der Waals surface area (Å²) < 4.78 is 8.94. The number of phenolic OH excluding ortho intramolecular Hbond substituents is 1. The molecule has 0 bridgehead atoms. The first-order chi connectivity index (χ1) is 25.8. The van der Waals surface area contributed by atoms with Gasteiger partial charge in [-0.15, -0.1) is 11.3 Å². The Morgan fingerprint density at radius 3 is 2.44 bits per heavy atom. The van der Waals surface area contributed by atoms with Crippen LogP contribution < -0.4 is 14.5 Å². The van der Waals surface area contributed by atoms with E-state index in [1.165, 1.54) is 16.9 Å². The van der Waals surface area contributed by atoms with Crippen LogP contribution in [-0.2, 0) is 26.2 Å². The average Bonchev–Trinajstić information content (AvgIpc) is 3.82. The molecule has 3 aromatic carbocycles. The minimum Gasteiger partial charge on any atom is -0.504 e. The lowest BCUT2D eigenvalue weighted by molar-refractivity contribution is -0.131. The fourth-order valence-corrected chi connectivity index (χ4v) is 11.2. The number of hydrogen-bond acceptors (Lipinski definition) is 8. The molecule has 2 aliphatic heterocycles. The Kier molecular flexibility index (Phi) is 8.15. The van der Waals surface area contributed by atoms with Crippen molar-refractivity contribution < 1.29 is 29.0 Å². The smallest absolute Gasteiger partial charge is 0.242 e. The molecule has 6 unspecified atom stereocenters. The van der Waals surface area contributed by atoms with Gasteiger partial charge < -0.3 is 9.84 Å². The number of methoxy groups -OCH3 is 1. The maximum atomic E-state index is 15.1. The number of imide groups is 2.